The summed E-state index contributed by atoms with van der Waals surface area (Å²) in [6.07, 6.45) is 1.78. The molecule has 0 aliphatic heterocycles. The van der Waals surface area contributed by atoms with E-state index >= 15 is 0 Å². The van der Waals surface area contributed by atoms with E-state index in [1.165, 1.54) is 0 Å². The monoisotopic (exact) mass is 359 g/mol. The van der Waals surface area contributed by atoms with Crippen molar-refractivity contribution in [1.82, 2.24) is 0 Å². The van der Waals surface area contributed by atoms with Gasteiger partial charge in [-0.15, -0.1) is 5.92 Å². The van der Waals surface area contributed by atoms with Gasteiger partial charge in [-0.2, -0.15) is 0 Å². The molecular weight excluding hydrogens is 349 g/mol. The quantitative estimate of drug-likeness (QED) is 0.644. The molecule has 0 aromatic carbocycles. The molecule has 0 fully saturated rings. The molecule has 0 rings (SSSR count). The van der Waals surface area contributed by atoms with E-state index < -0.39 is 0 Å². The molecule has 0 N–H and O–H groups in total. The van der Waals surface area contributed by atoms with Crippen molar-refractivity contribution in [3.05, 3.63) is 7.43 Å². The maximum Gasteiger partial charge on any atom is 0 e. The number of rotatable bonds is 1. The zero-order chi connectivity index (χ0) is 4.28. The van der Waals surface area contributed by atoms with E-state index in [2.05, 4.69) is 0 Å². The minimum absolute atomic E-state index is 0. The maximum atomic E-state index is 9.38. The fraction of sp³-hybridized carbons (Fsp3) is 0.600. The van der Waals surface area contributed by atoms with Gasteiger partial charge in [-0.1, -0.05) is 13.8 Å². The van der Waals surface area contributed by atoms with Gasteiger partial charge in [0, 0.05) is 53.8 Å². The van der Waals surface area contributed by atoms with Gasteiger partial charge in [0.15, 0.2) is 0 Å². The molecule has 0 amide bonds. The van der Waals surface area contributed by atoms with Gasteiger partial charge >= 0.3 is 0 Å². The fourth-order valence-electron chi connectivity index (χ4n) is 0. The molecular formula is C5H10OWY-2. The first-order valence-electron chi connectivity index (χ1n) is 1.65. The molecule has 0 unspecified atom stereocenters. The Morgan fingerprint density at radius 2 is 1.50 bits per heavy atom. The Balaban J connectivity index is -0.0000000267. The van der Waals surface area contributed by atoms with Gasteiger partial charge in [-0.25, -0.2) is 0 Å². The number of carbonyl (C=O) groups excluding carboxylic acids is 1. The molecule has 1 nitrogen and oxygen atoms in total. The number of hydrogen-bond acceptors (Lipinski definition) is 1. The van der Waals surface area contributed by atoms with E-state index in [1.807, 2.05) is 0 Å². The van der Waals surface area contributed by atoms with Crippen molar-refractivity contribution >= 4 is 6.29 Å². The molecule has 47 valence electrons. The van der Waals surface area contributed by atoms with Crippen LogP contribution < -0.4 is 0 Å². The average Bonchev–Trinajstić information content (AvgIpc) is 1.38. The average molecular weight is 359 g/mol. The van der Waals surface area contributed by atoms with Gasteiger partial charge in [-0.05, 0) is 0 Å². The molecule has 0 saturated carbocycles. The molecule has 0 aliphatic carbocycles. The second-order valence-corrected chi connectivity index (χ2v) is 1.27. The Morgan fingerprint density at radius 3 is 1.50 bits per heavy atom. The van der Waals surface area contributed by atoms with Crippen molar-refractivity contribution in [1.29, 1.82) is 0 Å². The van der Waals surface area contributed by atoms with Gasteiger partial charge in [0.2, 0.25) is 0 Å². The second kappa shape index (κ2) is 15.8. The summed E-state index contributed by atoms with van der Waals surface area (Å²) in [5.74, 6) is 0.0787. The molecule has 0 heterocycles. The van der Waals surface area contributed by atoms with Crippen molar-refractivity contribution in [3.63, 3.8) is 0 Å². The molecule has 0 aromatic heterocycles. The Hall–Kier alpha value is 1.46. The van der Waals surface area contributed by atoms with E-state index in [-0.39, 0.29) is 67.1 Å². The minimum atomic E-state index is 0. The summed E-state index contributed by atoms with van der Waals surface area (Å²) in [7, 11) is 0. The predicted octanol–water partition coefficient (Wildman–Crippen LogP) is 1.20. The summed E-state index contributed by atoms with van der Waals surface area (Å²) in [6.45, 7) is 3.60. The fourth-order valence-corrected chi connectivity index (χ4v) is 0. The van der Waals surface area contributed by atoms with Crippen LogP contribution in [-0.4, -0.2) is 6.29 Å². The molecule has 0 saturated heterocycles. The van der Waals surface area contributed by atoms with Crippen LogP contribution in [0.25, 0.3) is 0 Å². The van der Waals surface area contributed by atoms with Crippen LogP contribution in [0.5, 0.6) is 0 Å². The van der Waals surface area contributed by atoms with Gasteiger partial charge in [-0.3, -0.25) is 6.29 Å². The summed E-state index contributed by atoms with van der Waals surface area (Å²) in [5, 5.41) is 0. The van der Waals surface area contributed by atoms with Crippen molar-refractivity contribution < 1.29 is 58.6 Å². The van der Waals surface area contributed by atoms with Gasteiger partial charge < -0.3 is 12.2 Å². The van der Waals surface area contributed by atoms with E-state index in [0.717, 1.165) is 0 Å². The van der Waals surface area contributed by atoms with Crippen LogP contribution in [0.3, 0.4) is 0 Å². The summed E-state index contributed by atoms with van der Waals surface area (Å²) in [5.41, 5.74) is 0. The number of hydrogen-bond donors (Lipinski definition) is 0. The molecule has 0 bridgehead atoms. The van der Waals surface area contributed by atoms with Crippen molar-refractivity contribution in [2.24, 2.45) is 5.92 Å². The second-order valence-electron chi connectivity index (χ2n) is 1.27. The normalized spacial score (nSPS) is 5.38. The van der Waals surface area contributed by atoms with Crippen molar-refractivity contribution in [3.8, 4) is 0 Å². The van der Waals surface area contributed by atoms with Crippen LogP contribution in [0.2, 0.25) is 0 Å². The summed E-state index contributed by atoms with van der Waals surface area (Å²) >= 11 is 0. The zero-order valence-corrected chi connectivity index (χ0v) is 11.2. The van der Waals surface area contributed by atoms with Crippen LogP contribution in [0.1, 0.15) is 13.8 Å². The maximum absolute atomic E-state index is 9.38. The Bertz CT molecular complexity index is 39.4. The first-order chi connectivity index (χ1) is 2.27. The van der Waals surface area contributed by atoms with Crippen LogP contribution in [0.15, 0.2) is 0 Å². The Morgan fingerprint density at radius 1 is 1.38 bits per heavy atom. The van der Waals surface area contributed by atoms with Gasteiger partial charge in [0.1, 0.15) is 0 Å². The largest absolute Gasteiger partial charge is 0.542 e. The summed E-state index contributed by atoms with van der Waals surface area (Å²) in [4.78, 5) is 9.38. The molecule has 3 heteroatoms. The van der Waals surface area contributed by atoms with E-state index in [0.29, 0.717) is 0 Å². The minimum Gasteiger partial charge on any atom is -0.542 e. The van der Waals surface area contributed by atoms with Crippen LogP contribution in [0.4, 0.5) is 0 Å². The standard InChI is InChI=1S/C4H7O.CH3.W.Y/c1-4(2)3-5;;;/h4H,1-2H3;1H3;;/q2*-1;;. The molecule has 1 radical (unpaired) electrons. The molecule has 0 aromatic rings. The van der Waals surface area contributed by atoms with Crippen molar-refractivity contribution in [2.75, 3.05) is 0 Å². The molecule has 0 spiro atoms. The smallest absolute Gasteiger partial charge is 0 e. The van der Waals surface area contributed by atoms with E-state index in [9.17, 15) is 4.79 Å². The topological polar surface area (TPSA) is 17.1 Å². The third kappa shape index (κ3) is 26.0. The van der Waals surface area contributed by atoms with E-state index in [1.54, 1.807) is 20.1 Å². The van der Waals surface area contributed by atoms with Gasteiger partial charge in [0.05, 0.1) is 0 Å². The summed E-state index contributed by atoms with van der Waals surface area (Å²) < 4.78 is 0. The molecule has 8 heavy (non-hydrogen) atoms. The molecule has 0 aliphatic rings. The first kappa shape index (κ1) is 22.7. The first-order valence-corrected chi connectivity index (χ1v) is 1.65. The van der Waals surface area contributed by atoms with Crippen molar-refractivity contribution in [2.45, 2.75) is 13.8 Å². The molecule has 0 atom stereocenters. The van der Waals surface area contributed by atoms with E-state index in [4.69, 9.17) is 0 Å². The van der Waals surface area contributed by atoms with Crippen LogP contribution in [0, 0.1) is 13.3 Å². The third-order valence-corrected chi connectivity index (χ3v) is 0.236. The predicted molar refractivity (Wildman–Crippen MR) is 26.9 cm³/mol. The van der Waals surface area contributed by atoms with Crippen LogP contribution >= 0.6 is 0 Å². The van der Waals surface area contributed by atoms with Crippen LogP contribution in [-0.2, 0) is 58.6 Å². The SMILES string of the molecule is CC(C)[C-]=O.[CH3-].[W].[Y]. The Kier molecular flexibility index (Phi) is 44.8. The third-order valence-electron chi connectivity index (χ3n) is 0.236. The summed E-state index contributed by atoms with van der Waals surface area (Å²) in [6, 6.07) is 0. The van der Waals surface area contributed by atoms with Gasteiger partial charge in [0.25, 0.3) is 0 Å². The zero-order valence-electron chi connectivity index (χ0n) is 5.47. The Labute approximate surface area is 91.1 Å².